The maximum atomic E-state index is 12.3. The number of hydrogen-bond acceptors (Lipinski definition) is 4. The van der Waals surface area contributed by atoms with Crippen LogP contribution in [0.5, 0.6) is 0 Å². The first kappa shape index (κ1) is 13.2. The standard InChI is InChI=1S/C12H22N2O2S/c1-8-6-14(7-9(2)17-8)12(15)11-4-3-10(5-13)16-11/h8-11H,3-7,13H2,1-2H3. The van der Waals surface area contributed by atoms with Crippen LogP contribution >= 0.6 is 11.8 Å². The molecule has 98 valence electrons. The molecule has 0 aliphatic carbocycles. The van der Waals surface area contributed by atoms with Gasteiger partial charge in [0.15, 0.2) is 0 Å². The third-order valence-electron chi connectivity index (χ3n) is 3.38. The van der Waals surface area contributed by atoms with E-state index in [4.69, 9.17) is 10.5 Å². The summed E-state index contributed by atoms with van der Waals surface area (Å²) >= 11 is 1.96. The minimum Gasteiger partial charge on any atom is -0.364 e. The summed E-state index contributed by atoms with van der Waals surface area (Å²) < 4.78 is 5.67. The van der Waals surface area contributed by atoms with Crippen molar-refractivity contribution < 1.29 is 9.53 Å². The minimum atomic E-state index is -0.244. The van der Waals surface area contributed by atoms with Gasteiger partial charge in [0.25, 0.3) is 5.91 Å². The van der Waals surface area contributed by atoms with E-state index in [9.17, 15) is 4.79 Å². The maximum Gasteiger partial charge on any atom is 0.251 e. The summed E-state index contributed by atoms with van der Waals surface area (Å²) in [6.07, 6.45) is 1.58. The zero-order valence-electron chi connectivity index (χ0n) is 10.6. The Balaban J connectivity index is 1.91. The van der Waals surface area contributed by atoms with E-state index >= 15 is 0 Å². The van der Waals surface area contributed by atoms with Gasteiger partial charge in [-0.2, -0.15) is 11.8 Å². The summed E-state index contributed by atoms with van der Waals surface area (Å²) in [5, 5.41) is 1.05. The Morgan fingerprint density at radius 3 is 2.53 bits per heavy atom. The van der Waals surface area contributed by atoms with Crippen LogP contribution in [-0.4, -0.2) is 53.1 Å². The molecule has 0 aromatic carbocycles. The van der Waals surface area contributed by atoms with Crippen LogP contribution in [0.2, 0.25) is 0 Å². The van der Waals surface area contributed by atoms with E-state index in [-0.39, 0.29) is 18.1 Å². The molecule has 2 aliphatic rings. The van der Waals surface area contributed by atoms with E-state index in [0.717, 1.165) is 25.9 Å². The van der Waals surface area contributed by atoms with E-state index in [0.29, 0.717) is 17.0 Å². The Hall–Kier alpha value is -0.260. The number of nitrogens with two attached hydrogens (primary N) is 1. The van der Waals surface area contributed by atoms with Crippen molar-refractivity contribution in [1.82, 2.24) is 4.90 Å². The number of thioether (sulfide) groups is 1. The first-order valence-electron chi connectivity index (χ1n) is 6.40. The first-order chi connectivity index (χ1) is 8.10. The smallest absolute Gasteiger partial charge is 0.251 e. The van der Waals surface area contributed by atoms with E-state index < -0.39 is 0 Å². The molecule has 0 radical (unpaired) electrons. The van der Waals surface area contributed by atoms with E-state index in [1.807, 2.05) is 16.7 Å². The molecule has 2 rings (SSSR count). The fourth-order valence-electron chi connectivity index (χ4n) is 2.62. The molecule has 2 saturated heterocycles. The number of amides is 1. The van der Waals surface area contributed by atoms with Crippen molar-refractivity contribution in [2.75, 3.05) is 19.6 Å². The second-order valence-corrected chi connectivity index (χ2v) is 6.94. The highest BCUT2D eigenvalue weighted by atomic mass is 32.2. The number of nitrogens with zero attached hydrogens (tertiary/aromatic N) is 1. The molecular formula is C12H22N2O2S. The number of hydrogen-bond donors (Lipinski definition) is 1. The van der Waals surface area contributed by atoms with Gasteiger partial charge in [-0.25, -0.2) is 0 Å². The predicted molar refractivity (Wildman–Crippen MR) is 70.0 cm³/mol. The molecule has 0 bridgehead atoms. The van der Waals surface area contributed by atoms with Crippen molar-refractivity contribution in [3.63, 3.8) is 0 Å². The van der Waals surface area contributed by atoms with Gasteiger partial charge < -0.3 is 15.4 Å². The lowest BCUT2D eigenvalue weighted by atomic mass is 10.1. The Kier molecular flexibility index (Phi) is 4.33. The lowest BCUT2D eigenvalue weighted by Crippen LogP contribution is -2.48. The zero-order chi connectivity index (χ0) is 12.4. The van der Waals surface area contributed by atoms with Gasteiger partial charge in [0.1, 0.15) is 6.10 Å². The van der Waals surface area contributed by atoms with Crippen LogP contribution in [0, 0.1) is 0 Å². The fourth-order valence-corrected chi connectivity index (χ4v) is 3.95. The lowest BCUT2D eigenvalue weighted by Gasteiger charge is -2.35. The molecule has 2 heterocycles. The summed E-state index contributed by atoms with van der Waals surface area (Å²) in [5.41, 5.74) is 5.57. The molecule has 4 atom stereocenters. The van der Waals surface area contributed by atoms with Crippen molar-refractivity contribution in [1.29, 1.82) is 0 Å². The molecule has 0 aromatic rings. The van der Waals surface area contributed by atoms with Crippen LogP contribution in [0.15, 0.2) is 0 Å². The second kappa shape index (κ2) is 5.59. The lowest BCUT2D eigenvalue weighted by molar-refractivity contribution is -0.142. The molecule has 5 heteroatoms. The SMILES string of the molecule is CC1CN(C(=O)C2CCC(CN)O2)CC(C)S1. The molecule has 1 amide bonds. The van der Waals surface area contributed by atoms with Gasteiger partial charge in [0, 0.05) is 30.1 Å². The number of carbonyl (C=O) groups is 1. The monoisotopic (exact) mass is 258 g/mol. The van der Waals surface area contributed by atoms with Crippen molar-refractivity contribution in [2.24, 2.45) is 5.73 Å². The normalized spacial score (nSPS) is 38.4. The molecule has 0 aromatic heterocycles. The predicted octanol–water partition coefficient (Wildman–Crippen LogP) is 0.845. The first-order valence-corrected chi connectivity index (χ1v) is 7.34. The van der Waals surface area contributed by atoms with E-state index in [1.165, 1.54) is 0 Å². The number of carbonyl (C=O) groups excluding carboxylic acids is 1. The van der Waals surface area contributed by atoms with Gasteiger partial charge in [-0.3, -0.25) is 4.79 Å². The molecule has 2 aliphatic heterocycles. The zero-order valence-corrected chi connectivity index (χ0v) is 11.4. The summed E-state index contributed by atoms with van der Waals surface area (Å²) in [5.74, 6) is 0.167. The van der Waals surface area contributed by atoms with Gasteiger partial charge in [-0.05, 0) is 12.8 Å². The molecule has 2 N–H and O–H groups in total. The van der Waals surface area contributed by atoms with Gasteiger partial charge in [0.05, 0.1) is 6.10 Å². The topological polar surface area (TPSA) is 55.6 Å². The highest BCUT2D eigenvalue weighted by molar-refractivity contribution is 8.00. The summed E-state index contributed by atoms with van der Waals surface area (Å²) in [4.78, 5) is 14.3. The molecule has 0 saturated carbocycles. The van der Waals surface area contributed by atoms with Crippen molar-refractivity contribution >= 4 is 17.7 Å². The third-order valence-corrected chi connectivity index (χ3v) is 4.60. The Morgan fingerprint density at radius 1 is 1.35 bits per heavy atom. The summed E-state index contributed by atoms with van der Waals surface area (Å²) in [6.45, 7) is 6.58. The third kappa shape index (κ3) is 3.14. The Labute approximate surface area is 107 Å². The highest BCUT2D eigenvalue weighted by Crippen LogP contribution is 2.27. The minimum absolute atomic E-state index is 0.0814. The molecule has 2 fully saturated rings. The summed E-state index contributed by atoms with van der Waals surface area (Å²) in [7, 11) is 0. The highest BCUT2D eigenvalue weighted by Gasteiger charge is 2.35. The Bertz CT molecular complexity index is 278. The van der Waals surface area contributed by atoms with Gasteiger partial charge >= 0.3 is 0 Å². The van der Waals surface area contributed by atoms with Crippen molar-refractivity contribution in [3.05, 3.63) is 0 Å². The van der Waals surface area contributed by atoms with Gasteiger partial charge in [-0.1, -0.05) is 13.8 Å². The molecule has 0 spiro atoms. The molecular weight excluding hydrogens is 236 g/mol. The molecule has 17 heavy (non-hydrogen) atoms. The average molecular weight is 258 g/mol. The maximum absolute atomic E-state index is 12.3. The van der Waals surface area contributed by atoms with Crippen LogP contribution in [0.25, 0.3) is 0 Å². The van der Waals surface area contributed by atoms with Gasteiger partial charge in [0.2, 0.25) is 0 Å². The summed E-state index contributed by atoms with van der Waals surface area (Å²) in [6, 6.07) is 0. The van der Waals surface area contributed by atoms with E-state index in [2.05, 4.69) is 13.8 Å². The number of ether oxygens (including phenoxy) is 1. The quantitative estimate of drug-likeness (QED) is 0.797. The van der Waals surface area contributed by atoms with Crippen LogP contribution < -0.4 is 5.73 Å². The largest absolute Gasteiger partial charge is 0.364 e. The van der Waals surface area contributed by atoms with E-state index in [1.54, 1.807) is 0 Å². The van der Waals surface area contributed by atoms with Crippen LogP contribution in [0.3, 0.4) is 0 Å². The van der Waals surface area contributed by atoms with Crippen LogP contribution in [0.4, 0.5) is 0 Å². The van der Waals surface area contributed by atoms with Crippen LogP contribution in [-0.2, 0) is 9.53 Å². The second-order valence-electron chi connectivity index (χ2n) is 5.06. The van der Waals surface area contributed by atoms with Gasteiger partial charge in [-0.15, -0.1) is 0 Å². The average Bonchev–Trinajstić information content (AvgIpc) is 2.75. The van der Waals surface area contributed by atoms with Crippen molar-refractivity contribution in [2.45, 2.75) is 49.4 Å². The Morgan fingerprint density at radius 2 is 2.00 bits per heavy atom. The van der Waals surface area contributed by atoms with Crippen LogP contribution in [0.1, 0.15) is 26.7 Å². The van der Waals surface area contributed by atoms with Crippen molar-refractivity contribution in [3.8, 4) is 0 Å². The molecule has 4 unspecified atom stereocenters. The fraction of sp³-hybridized carbons (Fsp3) is 0.917. The molecule has 4 nitrogen and oxygen atoms in total. The number of rotatable bonds is 2.